The molecule has 0 fully saturated rings. The first-order chi connectivity index (χ1) is 9.04. The number of ether oxygens (including phenoxy) is 2. The Morgan fingerprint density at radius 3 is 2.37 bits per heavy atom. The summed E-state index contributed by atoms with van der Waals surface area (Å²) in [5, 5.41) is 0. The molecule has 2 aromatic carbocycles. The van der Waals surface area contributed by atoms with Crippen LogP contribution < -0.4 is 26.7 Å². The summed E-state index contributed by atoms with van der Waals surface area (Å²) < 4.78 is 10.3. The van der Waals surface area contributed by atoms with E-state index in [0.717, 1.165) is 0 Å². The van der Waals surface area contributed by atoms with Crippen molar-refractivity contribution in [2.45, 2.75) is 0 Å². The molecular formula is C13H13N3O3. The Kier molecular flexibility index (Phi) is 3.42. The van der Waals surface area contributed by atoms with Gasteiger partial charge in [-0.1, -0.05) is 6.07 Å². The molecule has 0 spiro atoms. The maximum atomic E-state index is 10.6. The van der Waals surface area contributed by atoms with Crippen LogP contribution in [-0.4, -0.2) is 6.09 Å². The molecule has 6 heteroatoms. The number of rotatable bonds is 3. The van der Waals surface area contributed by atoms with Crippen molar-refractivity contribution in [3.63, 3.8) is 0 Å². The molecule has 0 aliphatic heterocycles. The highest BCUT2D eigenvalue weighted by atomic mass is 16.5. The Labute approximate surface area is 109 Å². The van der Waals surface area contributed by atoms with Gasteiger partial charge in [-0.05, 0) is 24.3 Å². The molecule has 0 aromatic heterocycles. The summed E-state index contributed by atoms with van der Waals surface area (Å²) in [5.74, 6) is 1.27. The van der Waals surface area contributed by atoms with Crippen LogP contribution in [0.2, 0.25) is 0 Å². The van der Waals surface area contributed by atoms with Gasteiger partial charge in [0.2, 0.25) is 0 Å². The van der Waals surface area contributed by atoms with E-state index in [0.29, 0.717) is 17.2 Å². The average molecular weight is 259 g/mol. The Morgan fingerprint density at radius 1 is 1.00 bits per heavy atom. The zero-order chi connectivity index (χ0) is 13.8. The molecule has 0 saturated carbocycles. The lowest BCUT2D eigenvalue weighted by atomic mass is 10.2. The highest BCUT2D eigenvalue weighted by Crippen LogP contribution is 2.30. The Morgan fingerprint density at radius 2 is 1.74 bits per heavy atom. The van der Waals surface area contributed by atoms with E-state index in [1.807, 2.05) is 0 Å². The number of anilines is 2. The minimum Gasteiger partial charge on any atom is -0.457 e. The van der Waals surface area contributed by atoms with Gasteiger partial charge >= 0.3 is 6.09 Å². The van der Waals surface area contributed by atoms with Crippen LogP contribution in [0.4, 0.5) is 16.2 Å². The quantitative estimate of drug-likeness (QED) is 0.730. The maximum Gasteiger partial charge on any atom is 0.410 e. The van der Waals surface area contributed by atoms with Crippen molar-refractivity contribution in [2.75, 3.05) is 11.5 Å². The van der Waals surface area contributed by atoms with Crippen LogP contribution in [0.15, 0.2) is 42.5 Å². The summed E-state index contributed by atoms with van der Waals surface area (Å²) in [6.45, 7) is 0. The van der Waals surface area contributed by atoms with Crippen molar-refractivity contribution in [1.29, 1.82) is 0 Å². The third kappa shape index (κ3) is 3.29. The number of nitrogens with two attached hydrogens (primary N) is 3. The molecule has 0 aliphatic carbocycles. The third-order valence-corrected chi connectivity index (χ3v) is 2.29. The molecule has 6 N–H and O–H groups in total. The van der Waals surface area contributed by atoms with Gasteiger partial charge in [0.25, 0.3) is 0 Å². The first kappa shape index (κ1) is 12.6. The van der Waals surface area contributed by atoms with Crippen LogP contribution in [0, 0.1) is 0 Å². The lowest BCUT2D eigenvalue weighted by Crippen LogP contribution is -2.16. The second kappa shape index (κ2) is 5.18. The van der Waals surface area contributed by atoms with E-state index in [-0.39, 0.29) is 11.4 Å². The van der Waals surface area contributed by atoms with Crippen LogP contribution in [0.1, 0.15) is 0 Å². The lowest BCUT2D eigenvalue weighted by Gasteiger charge is -2.09. The van der Waals surface area contributed by atoms with Crippen molar-refractivity contribution in [3.8, 4) is 17.2 Å². The summed E-state index contributed by atoms with van der Waals surface area (Å²) in [6.07, 6.45) is -0.920. The van der Waals surface area contributed by atoms with Gasteiger partial charge in [-0.2, -0.15) is 0 Å². The van der Waals surface area contributed by atoms with Crippen molar-refractivity contribution >= 4 is 17.5 Å². The maximum absolute atomic E-state index is 10.6. The number of hydrogen-bond donors (Lipinski definition) is 3. The standard InChI is InChI=1S/C13H13N3O3/c14-8-2-1-3-9(6-8)18-10-4-5-12(11(15)7-10)19-13(16)17/h1-7H,14-15H2,(H2,16,17). The number of hydrogen-bond acceptors (Lipinski definition) is 5. The molecule has 98 valence electrons. The minimum absolute atomic E-state index is 0.187. The molecule has 2 rings (SSSR count). The third-order valence-electron chi connectivity index (χ3n) is 2.29. The molecule has 0 unspecified atom stereocenters. The molecule has 19 heavy (non-hydrogen) atoms. The summed E-state index contributed by atoms with van der Waals surface area (Å²) in [7, 11) is 0. The van der Waals surface area contributed by atoms with E-state index in [2.05, 4.69) is 0 Å². The van der Waals surface area contributed by atoms with Crippen LogP contribution in [0.5, 0.6) is 17.2 Å². The van der Waals surface area contributed by atoms with Crippen molar-refractivity contribution in [1.82, 2.24) is 0 Å². The highest BCUT2D eigenvalue weighted by Gasteiger charge is 2.06. The number of benzene rings is 2. The van der Waals surface area contributed by atoms with Gasteiger partial charge in [0.15, 0.2) is 5.75 Å². The van der Waals surface area contributed by atoms with E-state index in [1.54, 1.807) is 30.3 Å². The topological polar surface area (TPSA) is 114 Å². The summed E-state index contributed by atoms with van der Waals surface area (Å²) in [6, 6.07) is 11.6. The molecule has 0 saturated heterocycles. The fraction of sp³-hybridized carbons (Fsp3) is 0. The van der Waals surface area contributed by atoms with Crippen LogP contribution in [-0.2, 0) is 0 Å². The van der Waals surface area contributed by atoms with Crippen molar-refractivity contribution in [3.05, 3.63) is 42.5 Å². The minimum atomic E-state index is -0.920. The summed E-state index contributed by atoms with van der Waals surface area (Å²) >= 11 is 0. The van der Waals surface area contributed by atoms with Gasteiger partial charge in [0.1, 0.15) is 11.5 Å². The second-order valence-electron chi connectivity index (χ2n) is 3.80. The first-order valence-corrected chi connectivity index (χ1v) is 5.45. The fourth-order valence-electron chi connectivity index (χ4n) is 1.51. The number of nitrogen functional groups attached to an aromatic ring is 2. The predicted octanol–water partition coefficient (Wildman–Crippen LogP) is 2.10. The van der Waals surface area contributed by atoms with E-state index in [4.69, 9.17) is 26.7 Å². The second-order valence-corrected chi connectivity index (χ2v) is 3.80. The number of carbonyl (C=O) groups is 1. The van der Waals surface area contributed by atoms with E-state index >= 15 is 0 Å². The molecule has 0 atom stereocenters. The number of amides is 1. The molecule has 0 heterocycles. The molecule has 6 nitrogen and oxygen atoms in total. The Bertz CT molecular complexity index is 614. The summed E-state index contributed by atoms with van der Waals surface area (Å²) in [4.78, 5) is 10.6. The zero-order valence-corrected chi connectivity index (χ0v) is 10.00. The van der Waals surface area contributed by atoms with Crippen LogP contribution in [0.25, 0.3) is 0 Å². The largest absolute Gasteiger partial charge is 0.457 e. The van der Waals surface area contributed by atoms with Crippen LogP contribution in [0.3, 0.4) is 0 Å². The zero-order valence-electron chi connectivity index (χ0n) is 10.00. The lowest BCUT2D eigenvalue weighted by molar-refractivity contribution is 0.211. The monoisotopic (exact) mass is 259 g/mol. The van der Waals surface area contributed by atoms with Gasteiger partial charge in [-0.15, -0.1) is 0 Å². The fourth-order valence-corrected chi connectivity index (χ4v) is 1.51. The van der Waals surface area contributed by atoms with Gasteiger partial charge in [0, 0.05) is 17.8 Å². The van der Waals surface area contributed by atoms with Gasteiger partial charge < -0.3 is 26.7 Å². The first-order valence-electron chi connectivity index (χ1n) is 5.45. The average Bonchev–Trinajstić information content (AvgIpc) is 2.32. The highest BCUT2D eigenvalue weighted by molar-refractivity contribution is 5.71. The smallest absolute Gasteiger partial charge is 0.410 e. The number of primary amides is 1. The van der Waals surface area contributed by atoms with E-state index in [9.17, 15) is 4.79 Å². The normalized spacial score (nSPS) is 9.89. The molecule has 1 amide bonds. The molecule has 2 aromatic rings. The Balaban J connectivity index is 2.18. The molecule has 0 bridgehead atoms. The summed E-state index contributed by atoms with van der Waals surface area (Å²) in [5.41, 5.74) is 17.1. The SMILES string of the molecule is NC(=O)Oc1ccc(Oc2cccc(N)c2)cc1N. The van der Waals surface area contributed by atoms with Crippen molar-refractivity contribution in [2.24, 2.45) is 5.73 Å². The molecule has 0 aliphatic rings. The molecular weight excluding hydrogens is 246 g/mol. The van der Waals surface area contributed by atoms with E-state index < -0.39 is 6.09 Å². The van der Waals surface area contributed by atoms with E-state index in [1.165, 1.54) is 12.1 Å². The van der Waals surface area contributed by atoms with Gasteiger partial charge in [-0.25, -0.2) is 4.79 Å². The Hall–Kier alpha value is -2.89. The number of carbonyl (C=O) groups excluding carboxylic acids is 1. The molecule has 0 radical (unpaired) electrons. The van der Waals surface area contributed by atoms with Crippen molar-refractivity contribution < 1.29 is 14.3 Å². The van der Waals surface area contributed by atoms with Gasteiger partial charge in [0.05, 0.1) is 5.69 Å². The van der Waals surface area contributed by atoms with Gasteiger partial charge in [-0.3, -0.25) is 0 Å². The van der Waals surface area contributed by atoms with Crippen LogP contribution >= 0.6 is 0 Å². The predicted molar refractivity (Wildman–Crippen MR) is 72.0 cm³/mol.